The molecule has 118 valence electrons. The number of benzene rings is 1. The van der Waals surface area contributed by atoms with Gasteiger partial charge in [-0.15, -0.1) is 0 Å². The number of aryl methyl sites for hydroxylation is 1. The molecule has 0 spiro atoms. The van der Waals surface area contributed by atoms with Gasteiger partial charge in [0.25, 0.3) is 0 Å². The van der Waals surface area contributed by atoms with Crippen molar-refractivity contribution in [1.82, 2.24) is 14.9 Å². The van der Waals surface area contributed by atoms with E-state index in [1.54, 1.807) is 24.5 Å². The van der Waals surface area contributed by atoms with E-state index in [9.17, 15) is 8.42 Å². The molecule has 0 aliphatic rings. The molecule has 1 aromatic heterocycles. The zero-order valence-electron chi connectivity index (χ0n) is 12.9. The molecule has 0 amide bonds. The summed E-state index contributed by atoms with van der Waals surface area (Å²) in [5, 5.41) is 5.18. The van der Waals surface area contributed by atoms with Crippen LogP contribution in [0.25, 0.3) is 0 Å². The summed E-state index contributed by atoms with van der Waals surface area (Å²) in [4.78, 5) is 10.8. The van der Waals surface area contributed by atoms with E-state index in [4.69, 9.17) is 5.14 Å². The first-order valence-corrected chi connectivity index (χ1v) is 8.42. The maximum atomic E-state index is 11.4. The van der Waals surface area contributed by atoms with Crippen LogP contribution in [0.3, 0.4) is 0 Å². The lowest BCUT2D eigenvalue weighted by Crippen LogP contribution is -2.23. The van der Waals surface area contributed by atoms with Crippen LogP contribution in [0.5, 0.6) is 0 Å². The van der Waals surface area contributed by atoms with E-state index >= 15 is 0 Å². The predicted octanol–water partition coefficient (Wildman–Crippen LogP) is 1.63. The van der Waals surface area contributed by atoms with Crippen LogP contribution in [0.4, 0.5) is 0 Å². The van der Waals surface area contributed by atoms with Gasteiger partial charge in [-0.1, -0.05) is 12.1 Å². The molecule has 0 fully saturated rings. The van der Waals surface area contributed by atoms with Gasteiger partial charge < -0.3 is 0 Å². The molecule has 0 unspecified atom stereocenters. The lowest BCUT2D eigenvalue weighted by molar-refractivity contribution is 0.249. The summed E-state index contributed by atoms with van der Waals surface area (Å²) >= 11 is 0. The standard InChI is InChI=1S/C15H20N4O2S/c1-11-8-18-14(9-17-11)10-19(3)12(2)13-5-4-6-15(7-13)22(16,20)21/h4-9,12H,10H2,1-3H3,(H2,16,20,21)/t12-/m1/s1. The van der Waals surface area contributed by atoms with Gasteiger partial charge in [-0.2, -0.15) is 0 Å². The van der Waals surface area contributed by atoms with Crippen molar-refractivity contribution in [2.24, 2.45) is 5.14 Å². The Morgan fingerprint density at radius 2 is 2.00 bits per heavy atom. The van der Waals surface area contributed by atoms with Crippen molar-refractivity contribution in [2.75, 3.05) is 7.05 Å². The lowest BCUT2D eigenvalue weighted by atomic mass is 10.1. The Hall–Kier alpha value is -1.83. The van der Waals surface area contributed by atoms with Crippen LogP contribution >= 0.6 is 0 Å². The molecule has 1 heterocycles. The zero-order valence-corrected chi connectivity index (χ0v) is 13.7. The maximum Gasteiger partial charge on any atom is 0.238 e. The van der Waals surface area contributed by atoms with Crippen molar-refractivity contribution in [3.05, 3.63) is 53.6 Å². The highest BCUT2D eigenvalue weighted by molar-refractivity contribution is 7.89. The number of hydrogen-bond acceptors (Lipinski definition) is 5. The van der Waals surface area contributed by atoms with Crippen molar-refractivity contribution >= 4 is 10.0 Å². The van der Waals surface area contributed by atoms with Gasteiger partial charge in [-0.25, -0.2) is 13.6 Å². The average Bonchev–Trinajstić information content (AvgIpc) is 2.48. The Bertz CT molecular complexity index is 744. The molecular weight excluding hydrogens is 300 g/mol. The van der Waals surface area contributed by atoms with Gasteiger partial charge in [0.05, 0.1) is 16.3 Å². The molecule has 2 aromatic rings. The number of nitrogens with zero attached hydrogens (tertiary/aromatic N) is 3. The zero-order chi connectivity index (χ0) is 16.3. The first kappa shape index (κ1) is 16.5. The second kappa shape index (κ2) is 6.51. The molecule has 0 radical (unpaired) electrons. The fourth-order valence-electron chi connectivity index (χ4n) is 2.10. The Labute approximate surface area is 131 Å². The Morgan fingerprint density at radius 3 is 2.59 bits per heavy atom. The number of hydrogen-bond donors (Lipinski definition) is 1. The van der Waals surface area contributed by atoms with Crippen LogP contribution in [0.1, 0.15) is 29.9 Å². The lowest BCUT2D eigenvalue weighted by Gasteiger charge is -2.25. The second-order valence-electron chi connectivity index (χ2n) is 5.36. The normalized spacial score (nSPS) is 13.3. The van der Waals surface area contributed by atoms with Crippen molar-refractivity contribution in [3.63, 3.8) is 0 Å². The minimum atomic E-state index is -3.69. The largest absolute Gasteiger partial charge is 0.294 e. The van der Waals surface area contributed by atoms with Gasteiger partial charge in [-0.3, -0.25) is 14.9 Å². The molecule has 0 bridgehead atoms. The molecular formula is C15H20N4O2S. The Balaban J connectivity index is 2.16. The van der Waals surface area contributed by atoms with E-state index < -0.39 is 10.0 Å². The van der Waals surface area contributed by atoms with Crippen molar-refractivity contribution in [3.8, 4) is 0 Å². The van der Waals surface area contributed by atoms with Crippen molar-refractivity contribution in [2.45, 2.75) is 31.3 Å². The number of nitrogens with two attached hydrogens (primary N) is 1. The van der Waals surface area contributed by atoms with Crippen LogP contribution in [0, 0.1) is 6.92 Å². The highest BCUT2D eigenvalue weighted by Gasteiger charge is 2.15. The first-order valence-electron chi connectivity index (χ1n) is 6.88. The third-order valence-electron chi connectivity index (χ3n) is 3.58. The van der Waals surface area contributed by atoms with Crippen LogP contribution in [0.2, 0.25) is 0 Å². The molecule has 6 nitrogen and oxygen atoms in total. The summed E-state index contributed by atoms with van der Waals surface area (Å²) in [7, 11) is -1.73. The average molecular weight is 320 g/mol. The smallest absolute Gasteiger partial charge is 0.238 e. The molecule has 7 heteroatoms. The fraction of sp³-hybridized carbons (Fsp3) is 0.333. The quantitative estimate of drug-likeness (QED) is 0.904. The molecule has 2 rings (SSSR count). The molecule has 0 aliphatic carbocycles. The minimum Gasteiger partial charge on any atom is -0.294 e. The summed E-state index contributed by atoms with van der Waals surface area (Å²) in [6.45, 7) is 4.51. The van der Waals surface area contributed by atoms with Crippen molar-refractivity contribution < 1.29 is 8.42 Å². The number of sulfonamides is 1. The molecule has 0 saturated carbocycles. The third kappa shape index (κ3) is 4.09. The van der Waals surface area contributed by atoms with Crippen LogP contribution in [-0.2, 0) is 16.6 Å². The fourth-order valence-corrected chi connectivity index (χ4v) is 2.67. The summed E-state index contributed by atoms with van der Waals surface area (Å²) in [5.41, 5.74) is 2.62. The molecule has 1 aromatic carbocycles. The Morgan fingerprint density at radius 1 is 1.27 bits per heavy atom. The van der Waals surface area contributed by atoms with Gasteiger partial charge in [0, 0.05) is 25.0 Å². The summed E-state index contributed by atoms with van der Waals surface area (Å²) in [6, 6.07) is 6.71. The van der Waals surface area contributed by atoms with Crippen LogP contribution in [-0.4, -0.2) is 30.3 Å². The highest BCUT2D eigenvalue weighted by Crippen LogP contribution is 2.22. The van der Waals surface area contributed by atoms with Gasteiger partial charge >= 0.3 is 0 Å². The van der Waals surface area contributed by atoms with Gasteiger partial charge in [0.2, 0.25) is 10.0 Å². The monoisotopic (exact) mass is 320 g/mol. The van der Waals surface area contributed by atoms with Gasteiger partial charge in [0.1, 0.15) is 0 Å². The van der Waals surface area contributed by atoms with E-state index in [0.717, 1.165) is 17.0 Å². The molecule has 22 heavy (non-hydrogen) atoms. The van der Waals surface area contributed by atoms with E-state index in [0.29, 0.717) is 6.54 Å². The summed E-state index contributed by atoms with van der Waals surface area (Å²) < 4.78 is 22.9. The van der Waals surface area contributed by atoms with E-state index in [1.165, 1.54) is 6.07 Å². The van der Waals surface area contributed by atoms with Crippen molar-refractivity contribution in [1.29, 1.82) is 0 Å². The van der Waals surface area contributed by atoms with E-state index in [-0.39, 0.29) is 10.9 Å². The van der Waals surface area contributed by atoms with E-state index in [1.807, 2.05) is 27.0 Å². The molecule has 1 atom stereocenters. The third-order valence-corrected chi connectivity index (χ3v) is 4.49. The SMILES string of the molecule is Cc1cnc(CN(C)[C@H](C)c2cccc(S(N)(=O)=O)c2)cn1. The topological polar surface area (TPSA) is 89.2 Å². The maximum absolute atomic E-state index is 11.4. The highest BCUT2D eigenvalue weighted by atomic mass is 32.2. The number of primary sulfonamides is 1. The molecule has 0 aliphatic heterocycles. The summed E-state index contributed by atoms with van der Waals surface area (Å²) in [6.07, 6.45) is 3.48. The van der Waals surface area contributed by atoms with E-state index in [2.05, 4.69) is 14.9 Å². The molecule has 0 saturated heterocycles. The summed E-state index contributed by atoms with van der Waals surface area (Å²) in [5.74, 6) is 0. The van der Waals surface area contributed by atoms with Crippen LogP contribution in [0.15, 0.2) is 41.6 Å². The van der Waals surface area contributed by atoms with Gasteiger partial charge in [0.15, 0.2) is 0 Å². The van der Waals surface area contributed by atoms with Crippen LogP contribution < -0.4 is 5.14 Å². The molecule has 2 N–H and O–H groups in total. The second-order valence-corrected chi connectivity index (χ2v) is 6.92. The Kier molecular flexibility index (Phi) is 4.90. The first-order chi connectivity index (χ1) is 10.3. The minimum absolute atomic E-state index is 0.0183. The number of rotatable bonds is 5. The predicted molar refractivity (Wildman–Crippen MR) is 84.5 cm³/mol. The van der Waals surface area contributed by atoms with Gasteiger partial charge in [-0.05, 0) is 38.6 Å². The number of aromatic nitrogens is 2.